The molecule has 1 aromatic carbocycles. The molecule has 3 fully saturated rings. The minimum absolute atomic E-state index is 0.0198. The first kappa shape index (κ1) is 104. The maximum atomic E-state index is 14.0. The van der Waals surface area contributed by atoms with Crippen LogP contribution in [0.4, 0.5) is 0 Å². The normalized spacial score (nSPS) is 20.8. The molecule has 5 amide bonds. The molecular formula is C76H116IN5O38. The first-order valence-electron chi connectivity index (χ1n) is 39.0. The number of carbonyl (C=O) groups is 14. The summed E-state index contributed by atoms with van der Waals surface area (Å²) in [5.74, 6) is -7.34. The van der Waals surface area contributed by atoms with Crippen LogP contribution in [0.25, 0.3) is 0 Å². The lowest BCUT2D eigenvalue weighted by Gasteiger charge is -2.39. The van der Waals surface area contributed by atoms with E-state index in [0.717, 1.165) is 5.56 Å². The van der Waals surface area contributed by atoms with Crippen LogP contribution >= 0.6 is 23.0 Å². The zero-order chi connectivity index (χ0) is 88.0. The van der Waals surface area contributed by atoms with Crippen LogP contribution in [0, 0.1) is 0 Å². The van der Waals surface area contributed by atoms with Gasteiger partial charge in [0.2, 0.25) is 29.5 Å². The predicted octanol–water partition coefficient (Wildman–Crippen LogP) is -0.355. The van der Waals surface area contributed by atoms with Crippen LogP contribution in [0.15, 0.2) is 24.3 Å². The number of benzene rings is 1. The Morgan fingerprint density at radius 3 is 0.925 bits per heavy atom. The summed E-state index contributed by atoms with van der Waals surface area (Å²) < 4.78 is 135. The minimum atomic E-state index is -1.55. The smallest absolute Gasteiger partial charge is 0.303 e. The third-order valence-corrected chi connectivity index (χ3v) is 17.2. The molecule has 680 valence electrons. The van der Waals surface area contributed by atoms with Gasteiger partial charge in [0.15, 0.2) is 60.2 Å². The first-order valence-corrected chi connectivity index (χ1v) is 39.9. The lowest BCUT2D eigenvalue weighted by Crippen LogP contribution is -2.59. The number of esters is 9. The second kappa shape index (κ2) is 60.3. The van der Waals surface area contributed by atoms with Crippen LogP contribution < -0.4 is 29.7 Å². The highest BCUT2D eigenvalue weighted by molar-refractivity contribution is 14.1. The summed E-state index contributed by atoms with van der Waals surface area (Å²) in [6.07, 6.45) is -13.0. The van der Waals surface area contributed by atoms with Gasteiger partial charge < -0.3 is 139 Å². The highest BCUT2D eigenvalue weighted by atomic mass is 127. The molecule has 3 aliphatic rings. The average molecular weight is 1830 g/mol. The number of ether oxygens (including phenoxy) is 23. The molecule has 44 heteroatoms. The van der Waals surface area contributed by atoms with E-state index in [1.807, 2.05) is 0 Å². The van der Waals surface area contributed by atoms with Crippen molar-refractivity contribution in [2.24, 2.45) is 0 Å². The first-order chi connectivity index (χ1) is 57.4. The molecule has 3 saturated heterocycles. The van der Waals surface area contributed by atoms with Gasteiger partial charge in [-0.1, -0.05) is 12.1 Å². The number of hydrogen-bond acceptors (Lipinski definition) is 38. The van der Waals surface area contributed by atoms with Crippen molar-refractivity contribution >= 4 is 106 Å². The van der Waals surface area contributed by atoms with Crippen LogP contribution in [0.1, 0.15) is 113 Å². The number of hydrogen-bond donors (Lipinski definition) is 5. The van der Waals surface area contributed by atoms with E-state index in [2.05, 4.69) is 26.6 Å². The summed E-state index contributed by atoms with van der Waals surface area (Å²) in [5, 5.41) is 13.9. The van der Waals surface area contributed by atoms with Crippen molar-refractivity contribution in [3.63, 3.8) is 0 Å². The molecule has 0 saturated carbocycles. The number of rotatable bonds is 61. The van der Waals surface area contributed by atoms with Crippen LogP contribution in [-0.2, 0) is 182 Å². The average Bonchev–Trinajstić information content (AvgIpc) is 0.819. The number of amides is 5. The molecule has 0 aliphatic carbocycles. The minimum Gasteiger partial charge on any atom is -0.463 e. The Balaban J connectivity index is 1.37. The second-order valence-corrected chi connectivity index (χ2v) is 27.5. The van der Waals surface area contributed by atoms with Gasteiger partial charge in [0.1, 0.15) is 67.7 Å². The van der Waals surface area contributed by atoms with E-state index < -0.39 is 157 Å². The molecule has 120 heavy (non-hydrogen) atoms. The van der Waals surface area contributed by atoms with E-state index in [-0.39, 0.29) is 229 Å². The molecule has 0 unspecified atom stereocenters. The fourth-order valence-corrected chi connectivity index (χ4v) is 11.9. The zero-order valence-electron chi connectivity index (χ0n) is 69.2. The molecule has 4 rings (SSSR count). The molecule has 1 aromatic rings. The van der Waals surface area contributed by atoms with Gasteiger partial charge in [0.25, 0.3) is 0 Å². The topological polar surface area (TPSA) is 521 Å². The van der Waals surface area contributed by atoms with Crippen molar-refractivity contribution in [3.8, 4) is 5.75 Å². The molecule has 5 N–H and O–H groups in total. The molecule has 43 nitrogen and oxygen atoms in total. The van der Waals surface area contributed by atoms with E-state index in [0.29, 0.717) is 5.75 Å². The second-order valence-electron chi connectivity index (χ2n) is 27.1. The largest absolute Gasteiger partial charge is 0.463 e. The Morgan fingerprint density at radius 1 is 0.342 bits per heavy atom. The van der Waals surface area contributed by atoms with Gasteiger partial charge in [-0.05, 0) is 17.7 Å². The number of halogens is 1. The molecule has 3 heterocycles. The third-order valence-electron chi connectivity index (χ3n) is 16.7. The zero-order valence-corrected chi connectivity index (χ0v) is 71.3. The van der Waals surface area contributed by atoms with Crippen molar-refractivity contribution in [3.05, 3.63) is 29.8 Å². The summed E-state index contributed by atoms with van der Waals surface area (Å²) in [5.41, 5.74) is -0.750. The van der Waals surface area contributed by atoms with Gasteiger partial charge in [-0.2, -0.15) is 0 Å². The van der Waals surface area contributed by atoms with E-state index in [1.54, 1.807) is 47.3 Å². The highest BCUT2D eigenvalue weighted by Gasteiger charge is 2.47. The fraction of sp³-hybridized carbons (Fsp3) is 0.737. The molecular weight excluding hydrogens is 1720 g/mol. The maximum absolute atomic E-state index is 14.0. The summed E-state index contributed by atoms with van der Waals surface area (Å²) in [7, 11) is 0. The lowest BCUT2D eigenvalue weighted by molar-refractivity contribution is -0.267. The maximum Gasteiger partial charge on any atom is 0.303 e. The third kappa shape index (κ3) is 47.3. The number of nitrogens with one attached hydrogen (secondary N) is 5. The van der Waals surface area contributed by atoms with Gasteiger partial charge in [0, 0.05) is 133 Å². The quantitative estimate of drug-likeness (QED) is 0.0241. The van der Waals surface area contributed by atoms with Gasteiger partial charge in [-0.15, -0.1) is 0 Å². The van der Waals surface area contributed by atoms with Crippen molar-refractivity contribution in [2.75, 3.05) is 172 Å². The predicted molar refractivity (Wildman–Crippen MR) is 414 cm³/mol. The van der Waals surface area contributed by atoms with Crippen LogP contribution in [0.3, 0.4) is 0 Å². The molecule has 0 radical (unpaired) electrons. The van der Waals surface area contributed by atoms with E-state index in [9.17, 15) is 67.1 Å². The van der Waals surface area contributed by atoms with Crippen molar-refractivity contribution in [2.45, 2.75) is 193 Å². The molecule has 12 atom stereocenters. The Hall–Kier alpha value is -8.23. The Labute approximate surface area is 709 Å². The van der Waals surface area contributed by atoms with Gasteiger partial charge in [-0.3, -0.25) is 67.1 Å². The van der Waals surface area contributed by atoms with Crippen LogP contribution in [-0.4, -0.2) is 334 Å². The van der Waals surface area contributed by atoms with Crippen molar-refractivity contribution in [1.29, 1.82) is 0 Å². The monoisotopic (exact) mass is 1830 g/mol. The SMILES string of the molecule is CC(=O)OC[C@H]1O[C@@H](OCCOCCNC(=O)CCOCC(COCCC(=O)NCCOCCO[C@H]2C[C@@H](OC(C)=O)[C@@H](OC(C)=O)[C@@H](COC(C)=O)O2)(COCCC(=O)NCCOCCO[C@H]2C[C@@H](OC(C)=O)[C@@H](OC(C)=O)[C@@H](COC(C)=O)O2)NC(=O)CCOCCOCCNC(=O)Cc2ccc(OI)cc2)C[C@@H](OC(C)=O)[C@H]1OC(C)=O. The van der Waals surface area contributed by atoms with Crippen LogP contribution in [0.2, 0.25) is 0 Å². The lowest BCUT2D eigenvalue weighted by atomic mass is 10.0. The molecule has 0 bridgehead atoms. The van der Waals surface area contributed by atoms with Crippen LogP contribution in [0.5, 0.6) is 5.75 Å². The van der Waals surface area contributed by atoms with E-state index >= 15 is 0 Å². The Kier molecular flexibility index (Phi) is 52.3. The van der Waals surface area contributed by atoms with E-state index in [1.165, 1.54) is 62.3 Å². The fourth-order valence-electron chi connectivity index (χ4n) is 11.6. The summed E-state index contributed by atoms with van der Waals surface area (Å²) in [4.78, 5) is 173. The molecule has 3 aliphatic heterocycles. The van der Waals surface area contributed by atoms with Crippen molar-refractivity contribution < 1.29 is 179 Å². The van der Waals surface area contributed by atoms with Gasteiger partial charge in [0.05, 0.1) is 132 Å². The molecule has 0 spiro atoms. The Bertz CT molecular complexity index is 3050. The van der Waals surface area contributed by atoms with Gasteiger partial charge >= 0.3 is 53.7 Å². The molecule has 0 aromatic heterocycles. The Morgan fingerprint density at radius 2 is 0.625 bits per heavy atom. The summed E-state index contributed by atoms with van der Waals surface area (Å²) >= 11 is 1.77. The summed E-state index contributed by atoms with van der Waals surface area (Å²) in [6, 6.07) is 7.08. The summed E-state index contributed by atoms with van der Waals surface area (Å²) in [6.45, 7) is 8.78. The highest BCUT2D eigenvalue weighted by Crippen LogP contribution is 2.31. The van der Waals surface area contributed by atoms with Gasteiger partial charge in [-0.25, -0.2) is 0 Å². The standard InChI is InChI=1S/C76H116IN5O38/c1-48(83)108-42-62-73(114-54(7)89)59(111-51(4)86)39-70(117-62)105-35-32-99-26-18-78-65(92)14-23-102-45-76(82-68(95)17-22-97-30-31-98-29-21-81-69(96)38-57-10-12-58(120-77)13-11-57,46-103-24-15-66(93)79-19-27-100-33-36-106-71-40-60(112-52(5)87)74(115-55(8)90)63(118-71)43-109-49(2)84)47-104-25-16-67(94)80-20-28-101-34-37-107-72-41-61(113-53(6)88)75(116-56(9)91)64(119-72)44-110-50(3)85/h10-13,59-64,70-75H,14-47H2,1-9H3,(H,78,92)(H,79,93)(H,80,94)(H,81,96)(H,82,95)/t59-,60-,61-,62-,63-,64-,70-,71-,72-,73-,74-,75-/m1/s1. The number of carbonyl (C=O) groups excluding carboxylic acids is 14. The van der Waals surface area contributed by atoms with E-state index in [4.69, 9.17) is 112 Å². The van der Waals surface area contributed by atoms with Crippen molar-refractivity contribution in [1.82, 2.24) is 26.6 Å².